The van der Waals surface area contributed by atoms with Crippen molar-refractivity contribution in [3.05, 3.63) is 18.2 Å². The van der Waals surface area contributed by atoms with Crippen LogP contribution < -0.4 is 15.4 Å². The van der Waals surface area contributed by atoms with Crippen molar-refractivity contribution < 1.29 is 9.84 Å². The van der Waals surface area contributed by atoms with Crippen LogP contribution in [0.25, 0.3) is 0 Å². The van der Waals surface area contributed by atoms with Crippen molar-refractivity contribution >= 4 is 11.4 Å². The molecule has 1 aliphatic rings. The third-order valence-corrected chi connectivity index (χ3v) is 3.62. The normalized spacial score (nSPS) is 16.6. The van der Waals surface area contributed by atoms with Gasteiger partial charge in [0.25, 0.3) is 0 Å². The Morgan fingerprint density at radius 1 is 1.32 bits per heavy atom. The first-order valence-electron chi connectivity index (χ1n) is 7.12. The number of ether oxygens (including phenoxy) is 1. The van der Waals surface area contributed by atoms with E-state index in [1.807, 2.05) is 12.1 Å². The molecule has 0 saturated carbocycles. The maximum Gasteiger partial charge on any atom is 0.123 e. The lowest BCUT2D eigenvalue weighted by Gasteiger charge is -2.33. The molecule has 1 aliphatic heterocycles. The van der Waals surface area contributed by atoms with E-state index in [0.29, 0.717) is 12.5 Å². The van der Waals surface area contributed by atoms with Crippen molar-refractivity contribution in [2.24, 2.45) is 5.92 Å². The summed E-state index contributed by atoms with van der Waals surface area (Å²) in [5.41, 5.74) is 7.82. The van der Waals surface area contributed by atoms with Crippen LogP contribution in [-0.4, -0.2) is 31.4 Å². The second-order valence-electron chi connectivity index (χ2n) is 5.22. The average molecular weight is 264 g/mol. The number of hydrogen-bond acceptors (Lipinski definition) is 4. The van der Waals surface area contributed by atoms with Gasteiger partial charge < -0.3 is 20.5 Å². The Balaban J connectivity index is 2.05. The van der Waals surface area contributed by atoms with Gasteiger partial charge in [-0.25, -0.2) is 0 Å². The van der Waals surface area contributed by atoms with Crippen LogP contribution in [-0.2, 0) is 0 Å². The van der Waals surface area contributed by atoms with Gasteiger partial charge in [0.1, 0.15) is 5.75 Å². The second kappa shape index (κ2) is 6.66. The highest BCUT2D eigenvalue weighted by Crippen LogP contribution is 2.29. The Morgan fingerprint density at radius 2 is 2.05 bits per heavy atom. The fourth-order valence-electron chi connectivity index (χ4n) is 2.47. The summed E-state index contributed by atoms with van der Waals surface area (Å²) in [6, 6.07) is 5.93. The second-order valence-corrected chi connectivity index (χ2v) is 5.22. The van der Waals surface area contributed by atoms with E-state index in [1.165, 1.54) is 0 Å². The largest absolute Gasteiger partial charge is 0.493 e. The smallest absolute Gasteiger partial charge is 0.123 e. The van der Waals surface area contributed by atoms with E-state index in [9.17, 15) is 5.11 Å². The summed E-state index contributed by atoms with van der Waals surface area (Å²) in [5, 5.41) is 9.17. The first-order chi connectivity index (χ1) is 9.22. The Kier molecular flexibility index (Phi) is 4.91. The zero-order valence-corrected chi connectivity index (χ0v) is 11.6. The van der Waals surface area contributed by atoms with Crippen LogP contribution >= 0.6 is 0 Å². The molecule has 0 aromatic heterocycles. The summed E-state index contributed by atoms with van der Waals surface area (Å²) in [7, 11) is 0. The van der Waals surface area contributed by atoms with Crippen molar-refractivity contribution in [2.45, 2.75) is 26.2 Å². The molecule has 2 rings (SSSR count). The van der Waals surface area contributed by atoms with Gasteiger partial charge in [0, 0.05) is 43.2 Å². The van der Waals surface area contributed by atoms with E-state index >= 15 is 0 Å². The molecule has 0 atom stereocenters. The SMILES string of the molecule is CCCOc1cc(N)cc(N2CCC(CO)CC2)c1. The molecule has 4 nitrogen and oxygen atoms in total. The zero-order valence-electron chi connectivity index (χ0n) is 11.6. The van der Waals surface area contributed by atoms with Crippen molar-refractivity contribution in [1.82, 2.24) is 0 Å². The molecule has 1 fully saturated rings. The summed E-state index contributed by atoms with van der Waals surface area (Å²) in [4.78, 5) is 2.32. The lowest BCUT2D eigenvalue weighted by molar-refractivity contribution is 0.203. The van der Waals surface area contributed by atoms with E-state index in [1.54, 1.807) is 0 Å². The summed E-state index contributed by atoms with van der Waals surface area (Å²) in [5.74, 6) is 1.30. The molecular formula is C15H24N2O2. The summed E-state index contributed by atoms with van der Waals surface area (Å²) < 4.78 is 5.66. The molecule has 0 radical (unpaired) electrons. The Labute approximate surface area is 115 Å². The number of nitrogen functional groups attached to an aromatic ring is 1. The Bertz CT molecular complexity index is 401. The van der Waals surface area contributed by atoms with Gasteiger partial charge in [0.05, 0.1) is 6.61 Å². The maximum absolute atomic E-state index is 9.17. The number of aliphatic hydroxyl groups excluding tert-OH is 1. The third-order valence-electron chi connectivity index (χ3n) is 3.62. The van der Waals surface area contributed by atoms with Gasteiger partial charge in [-0.05, 0) is 31.2 Å². The fraction of sp³-hybridized carbons (Fsp3) is 0.600. The molecule has 19 heavy (non-hydrogen) atoms. The van der Waals surface area contributed by atoms with E-state index in [-0.39, 0.29) is 0 Å². The summed E-state index contributed by atoms with van der Waals surface area (Å²) >= 11 is 0. The van der Waals surface area contributed by atoms with E-state index < -0.39 is 0 Å². The van der Waals surface area contributed by atoms with Crippen molar-refractivity contribution in [3.8, 4) is 5.75 Å². The highest BCUT2D eigenvalue weighted by atomic mass is 16.5. The molecule has 0 amide bonds. The van der Waals surface area contributed by atoms with E-state index in [4.69, 9.17) is 10.5 Å². The van der Waals surface area contributed by atoms with Crippen molar-refractivity contribution in [1.29, 1.82) is 0 Å². The molecule has 0 bridgehead atoms. The highest BCUT2D eigenvalue weighted by molar-refractivity contribution is 5.60. The van der Waals surface area contributed by atoms with Crippen molar-refractivity contribution in [3.63, 3.8) is 0 Å². The van der Waals surface area contributed by atoms with E-state index in [0.717, 1.165) is 56.1 Å². The van der Waals surface area contributed by atoms with Gasteiger partial charge in [-0.3, -0.25) is 0 Å². The molecule has 0 aliphatic carbocycles. The molecule has 0 unspecified atom stereocenters. The maximum atomic E-state index is 9.17. The number of anilines is 2. The molecule has 1 saturated heterocycles. The average Bonchev–Trinajstić information content (AvgIpc) is 2.44. The van der Waals surface area contributed by atoms with Crippen LogP contribution in [0.4, 0.5) is 11.4 Å². The number of aliphatic hydroxyl groups is 1. The molecule has 3 N–H and O–H groups in total. The minimum atomic E-state index is 0.301. The molecule has 1 heterocycles. The monoisotopic (exact) mass is 264 g/mol. The number of nitrogens with zero attached hydrogens (tertiary/aromatic N) is 1. The fourth-order valence-corrected chi connectivity index (χ4v) is 2.47. The van der Waals surface area contributed by atoms with Gasteiger partial charge in [-0.2, -0.15) is 0 Å². The lowest BCUT2D eigenvalue weighted by atomic mass is 9.97. The third kappa shape index (κ3) is 3.77. The molecule has 1 aromatic carbocycles. The lowest BCUT2D eigenvalue weighted by Crippen LogP contribution is -2.34. The molecule has 4 heteroatoms. The summed E-state index contributed by atoms with van der Waals surface area (Å²) in [6.07, 6.45) is 3.07. The van der Waals surface area contributed by atoms with Crippen LogP contribution in [0, 0.1) is 5.92 Å². The van der Waals surface area contributed by atoms with Crippen LogP contribution in [0.2, 0.25) is 0 Å². The first-order valence-corrected chi connectivity index (χ1v) is 7.12. The van der Waals surface area contributed by atoms with Crippen LogP contribution in [0.5, 0.6) is 5.75 Å². The van der Waals surface area contributed by atoms with Gasteiger partial charge >= 0.3 is 0 Å². The Hall–Kier alpha value is -1.42. The highest BCUT2D eigenvalue weighted by Gasteiger charge is 2.19. The number of hydrogen-bond donors (Lipinski definition) is 2. The molecule has 0 spiro atoms. The summed E-state index contributed by atoms with van der Waals surface area (Å²) in [6.45, 7) is 5.06. The number of rotatable bonds is 5. The molecular weight excluding hydrogens is 240 g/mol. The minimum Gasteiger partial charge on any atom is -0.493 e. The van der Waals surface area contributed by atoms with Gasteiger partial charge in [0.2, 0.25) is 0 Å². The number of benzene rings is 1. The quantitative estimate of drug-likeness (QED) is 0.801. The number of piperidine rings is 1. The Morgan fingerprint density at radius 3 is 2.68 bits per heavy atom. The number of nitrogens with two attached hydrogens (primary N) is 1. The van der Waals surface area contributed by atoms with Gasteiger partial charge in [-0.1, -0.05) is 6.92 Å². The predicted octanol–water partition coefficient (Wildman–Crippen LogP) is 2.27. The molecule has 106 valence electrons. The standard InChI is InChI=1S/C15H24N2O2/c1-2-7-19-15-9-13(16)8-14(10-15)17-5-3-12(11-18)4-6-17/h8-10,12,18H,2-7,11,16H2,1H3. The van der Waals surface area contributed by atoms with Gasteiger partial charge in [-0.15, -0.1) is 0 Å². The first kappa shape index (κ1) is 14.0. The minimum absolute atomic E-state index is 0.301. The predicted molar refractivity (Wildman–Crippen MR) is 78.7 cm³/mol. The van der Waals surface area contributed by atoms with Crippen LogP contribution in [0.15, 0.2) is 18.2 Å². The van der Waals surface area contributed by atoms with Crippen molar-refractivity contribution in [2.75, 3.05) is 36.9 Å². The van der Waals surface area contributed by atoms with Crippen LogP contribution in [0.1, 0.15) is 26.2 Å². The van der Waals surface area contributed by atoms with Gasteiger partial charge in [0.15, 0.2) is 0 Å². The topological polar surface area (TPSA) is 58.7 Å². The van der Waals surface area contributed by atoms with E-state index in [2.05, 4.69) is 17.9 Å². The van der Waals surface area contributed by atoms with Crippen LogP contribution in [0.3, 0.4) is 0 Å². The zero-order chi connectivity index (χ0) is 13.7. The molecule has 1 aromatic rings.